The molecule has 3 heterocycles. The Morgan fingerprint density at radius 3 is 2.78 bits per heavy atom. The van der Waals surface area contributed by atoms with Gasteiger partial charge < -0.3 is 23.7 Å². The molecule has 142 valence electrons. The van der Waals surface area contributed by atoms with Crippen LogP contribution in [0.5, 0.6) is 5.75 Å². The van der Waals surface area contributed by atoms with Gasteiger partial charge >= 0.3 is 0 Å². The Bertz CT molecular complexity index is 847. The summed E-state index contributed by atoms with van der Waals surface area (Å²) in [6.07, 6.45) is 1.47. The second-order valence-corrected chi connectivity index (χ2v) is 6.70. The maximum absolute atomic E-state index is 13.1. The van der Waals surface area contributed by atoms with Crippen molar-refractivity contribution in [3.05, 3.63) is 36.4 Å². The first-order chi connectivity index (χ1) is 13.1. The number of ether oxygens (including phenoxy) is 2. The molecule has 0 aliphatic carbocycles. The number of carbonyl (C=O) groups is 2. The maximum atomic E-state index is 13.1. The van der Waals surface area contributed by atoms with E-state index in [1.807, 2.05) is 12.1 Å². The number of amides is 2. The van der Waals surface area contributed by atoms with E-state index in [2.05, 4.69) is 4.98 Å². The molecule has 4 rings (SSSR count). The van der Waals surface area contributed by atoms with E-state index in [0.29, 0.717) is 31.9 Å². The second-order valence-electron chi connectivity index (χ2n) is 6.70. The summed E-state index contributed by atoms with van der Waals surface area (Å²) in [5, 5.41) is 0. The van der Waals surface area contributed by atoms with Crippen LogP contribution in [0.4, 0.5) is 0 Å². The monoisotopic (exact) mass is 371 g/mol. The number of carbonyl (C=O) groups excluding carboxylic acids is 2. The van der Waals surface area contributed by atoms with E-state index in [1.54, 1.807) is 36.1 Å². The zero-order valence-electron chi connectivity index (χ0n) is 15.3. The summed E-state index contributed by atoms with van der Waals surface area (Å²) in [6, 6.07) is 7.10. The molecule has 2 atom stereocenters. The molecule has 8 heteroatoms. The van der Waals surface area contributed by atoms with Crippen molar-refractivity contribution in [2.45, 2.75) is 18.6 Å². The molecule has 8 nitrogen and oxygen atoms in total. The first-order valence-electron chi connectivity index (χ1n) is 8.83. The summed E-state index contributed by atoms with van der Waals surface area (Å²) in [5.74, 6) is 0.944. The van der Waals surface area contributed by atoms with Crippen LogP contribution in [0.15, 0.2) is 35.1 Å². The number of methoxy groups -OCH3 is 1. The molecule has 1 aromatic heterocycles. The van der Waals surface area contributed by atoms with Gasteiger partial charge in [0.05, 0.1) is 32.3 Å². The van der Waals surface area contributed by atoms with E-state index in [0.717, 1.165) is 11.3 Å². The predicted octanol–water partition coefficient (Wildman–Crippen LogP) is 1.42. The lowest BCUT2D eigenvalue weighted by Crippen LogP contribution is -2.43. The van der Waals surface area contributed by atoms with Gasteiger partial charge in [-0.25, -0.2) is 4.98 Å². The Labute approximate surface area is 156 Å². The molecule has 2 fully saturated rings. The fourth-order valence-electron chi connectivity index (χ4n) is 3.61. The molecule has 2 aliphatic rings. The third-order valence-corrected chi connectivity index (χ3v) is 5.19. The van der Waals surface area contributed by atoms with E-state index in [-0.39, 0.29) is 29.7 Å². The number of fused-ring (bicyclic) bond motifs is 1. The highest BCUT2D eigenvalue weighted by atomic mass is 16.5. The maximum Gasteiger partial charge on any atom is 0.276 e. The molecule has 0 unspecified atom stereocenters. The van der Waals surface area contributed by atoms with Crippen LogP contribution in [0.3, 0.4) is 0 Å². The third-order valence-electron chi connectivity index (χ3n) is 5.19. The Morgan fingerprint density at radius 2 is 2.04 bits per heavy atom. The van der Waals surface area contributed by atoms with Crippen molar-refractivity contribution < 1.29 is 23.5 Å². The normalized spacial score (nSPS) is 22.5. The van der Waals surface area contributed by atoms with Crippen molar-refractivity contribution >= 4 is 11.8 Å². The van der Waals surface area contributed by atoms with Gasteiger partial charge in [0.25, 0.3) is 5.91 Å². The van der Waals surface area contributed by atoms with Crippen LogP contribution in [0, 0.1) is 0 Å². The van der Waals surface area contributed by atoms with E-state index in [4.69, 9.17) is 13.9 Å². The quantitative estimate of drug-likeness (QED) is 0.811. The fraction of sp³-hybridized carbons (Fsp3) is 0.421. The minimum Gasteiger partial charge on any atom is -0.497 e. The van der Waals surface area contributed by atoms with Crippen LogP contribution in [-0.4, -0.2) is 72.6 Å². The lowest BCUT2D eigenvalue weighted by atomic mass is 10.1. The highest BCUT2D eigenvalue weighted by molar-refractivity contribution is 5.98. The second kappa shape index (κ2) is 7.03. The van der Waals surface area contributed by atoms with Gasteiger partial charge in [-0.1, -0.05) is 0 Å². The van der Waals surface area contributed by atoms with Crippen molar-refractivity contribution in [3.8, 4) is 17.1 Å². The van der Waals surface area contributed by atoms with Crippen molar-refractivity contribution in [1.82, 2.24) is 14.8 Å². The number of aromatic nitrogens is 1. The minimum atomic E-state index is -0.230. The fourth-order valence-corrected chi connectivity index (χ4v) is 3.61. The molecule has 2 aliphatic heterocycles. The molecule has 0 bridgehead atoms. The minimum absolute atomic E-state index is 0.0390. The topological polar surface area (TPSA) is 85.1 Å². The summed E-state index contributed by atoms with van der Waals surface area (Å²) in [7, 11) is 3.36. The number of likely N-dealkylation sites (N-methyl/N-ethyl adjacent to an activating group) is 1. The standard InChI is InChI=1S/C19H21N3O5/c1-21-14-9-22(10-15(14)26-8-7-16(21)23)19(24)17-18(27-11-20-17)12-3-5-13(25-2)6-4-12/h3-6,11,14-15H,7-10H2,1-2H3/t14-,15-/m0/s1. The molecule has 2 amide bonds. The molecular formula is C19H21N3O5. The first-order valence-corrected chi connectivity index (χ1v) is 8.83. The van der Waals surface area contributed by atoms with Gasteiger partial charge in [-0.2, -0.15) is 0 Å². The van der Waals surface area contributed by atoms with Crippen LogP contribution < -0.4 is 4.74 Å². The van der Waals surface area contributed by atoms with Crippen LogP contribution in [0.2, 0.25) is 0 Å². The van der Waals surface area contributed by atoms with E-state index < -0.39 is 0 Å². The SMILES string of the molecule is COc1ccc(-c2ocnc2C(=O)N2C[C@@H]3OCCC(=O)N(C)[C@H]3C2)cc1. The van der Waals surface area contributed by atoms with Crippen molar-refractivity contribution in [2.24, 2.45) is 0 Å². The number of nitrogens with zero attached hydrogens (tertiary/aromatic N) is 3. The molecule has 0 spiro atoms. The van der Waals surface area contributed by atoms with Crippen molar-refractivity contribution in [1.29, 1.82) is 0 Å². The average Bonchev–Trinajstić information content (AvgIpc) is 3.32. The first kappa shape index (κ1) is 17.5. The average molecular weight is 371 g/mol. The summed E-state index contributed by atoms with van der Waals surface area (Å²) in [6.45, 7) is 1.23. The number of hydrogen-bond acceptors (Lipinski definition) is 6. The lowest BCUT2D eigenvalue weighted by Gasteiger charge is -2.24. The highest BCUT2D eigenvalue weighted by Crippen LogP contribution is 2.28. The molecular weight excluding hydrogens is 350 g/mol. The number of benzene rings is 1. The van der Waals surface area contributed by atoms with E-state index >= 15 is 0 Å². The molecule has 27 heavy (non-hydrogen) atoms. The zero-order valence-corrected chi connectivity index (χ0v) is 15.3. The third kappa shape index (κ3) is 3.16. The molecule has 2 aromatic rings. The van der Waals surface area contributed by atoms with Crippen LogP contribution >= 0.6 is 0 Å². The Balaban J connectivity index is 1.56. The molecule has 0 radical (unpaired) electrons. The molecule has 0 saturated carbocycles. The Morgan fingerprint density at radius 1 is 1.26 bits per heavy atom. The molecule has 0 N–H and O–H groups in total. The van der Waals surface area contributed by atoms with Gasteiger partial charge in [-0.3, -0.25) is 9.59 Å². The van der Waals surface area contributed by atoms with Crippen LogP contribution in [-0.2, 0) is 9.53 Å². The number of oxazole rings is 1. The summed E-state index contributed by atoms with van der Waals surface area (Å²) < 4.78 is 16.4. The van der Waals surface area contributed by atoms with Crippen LogP contribution in [0.25, 0.3) is 11.3 Å². The van der Waals surface area contributed by atoms with E-state index in [9.17, 15) is 9.59 Å². The zero-order chi connectivity index (χ0) is 19.0. The van der Waals surface area contributed by atoms with Crippen LogP contribution in [0.1, 0.15) is 16.9 Å². The van der Waals surface area contributed by atoms with Gasteiger partial charge in [0.15, 0.2) is 17.8 Å². The Hall–Kier alpha value is -2.87. The number of likely N-dealkylation sites (tertiary alicyclic amines) is 1. The summed E-state index contributed by atoms with van der Waals surface area (Å²) in [4.78, 5) is 32.6. The molecule has 1 aromatic carbocycles. The van der Waals surface area contributed by atoms with Crippen molar-refractivity contribution in [2.75, 3.05) is 33.9 Å². The lowest BCUT2D eigenvalue weighted by molar-refractivity contribution is -0.131. The predicted molar refractivity (Wildman–Crippen MR) is 95.3 cm³/mol. The van der Waals surface area contributed by atoms with Crippen molar-refractivity contribution in [3.63, 3.8) is 0 Å². The number of hydrogen-bond donors (Lipinski definition) is 0. The smallest absolute Gasteiger partial charge is 0.276 e. The Kier molecular flexibility index (Phi) is 4.57. The van der Waals surface area contributed by atoms with E-state index in [1.165, 1.54) is 6.39 Å². The summed E-state index contributed by atoms with van der Waals surface area (Å²) in [5.41, 5.74) is 0.999. The van der Waals surface area contributed by atoms with Gasteiger partial charge in [-0.15, -0.1) is 0 Å². The number of rotatable bonds is 3. The molecule has 2 saturated heterocycles. The largest absolute Gasteiger partial charge is 0.497 e. The highest BCUT2D eigenvalue weighted by Gasteiger charge is 2.42. The van der Waals surface area contributed by atoms with Gasteiger partial charge in [0.1, 0.15) is 5.75 Å². The van der Waals surface area contributed by atoms with Gasteiger partial charge in [0.2, 0.25) is 5.91 Å². The van der Waals surface area contributed by atoms with Gasteiger partial charge in [0, 0.05) is 25.7 Å². The summed E-state index contributed by atoms with van der Waals surface area (Å²) >= 11 is 0. The van der Waals surface area contributed by atoms with Gasteiger partial charge in [-0.05, 0) is 24.3 Å².